The van der Waals surface area contributed by atoms with Gasteiger partial charge in [0.15, 0.2) is 0 Å². The van der Waals surface area contributed by atoms with E-state index in [-0.39, 0.29) is 0 Å². The highest BCUT2D eigenvalue weighted by Gasteiger charge is 2.28. The summed E-state index contributed by atoms with van der Waals surface area (Å²) in [4.78, 5) is 0. The van der Waals surface area contributed by atoms with Crippen molar-refractivity contribution < 1.29 is 0 Å². The van der Waals surface area contributed by atoms with Crippen molar-refractivity contribution in [2.75, 3.05) is 0 Å². The van der Waals surface area contributed by atoms with Crippen LogP contribution in [0.15, 0.2) is 0 Å². The Morgan fingerprint density at radius 1 is 1.00 bits per heavy atom. The second kappa shape index (κ2) is 5.34. The van der Waals surface area contributed by atoms with Crippen molar-refractivity contribution in [3.63, 3.8) is 0 Å². The van der Waals surface area contributed by atoms with Crippen molar-refractivity contribution in [1.82, 2.24) is 0 Å². The molecular formula is C14H27N. The molecule has 2 aliphatic rings. The van der Waals surface area contributed by atoms with Gasteiger partial charge in [0.05, 0.1) is 0 Å². The van der Waals surface area contributed by atoms with Crippen LogP contribution in [0.3, 0.4) is 0 Å². The van der Waals surface area contributed by atoms with Gasteiger partial charge in [-0.1, -0.05) is 39.0 Å². The van der Waals surface area contributed by atoms with Gasteiger partial charge in [-0.05, 0) is 43.4 Å². The van der Waals surface area contributed by atoms with Crippen LogP contribution in [0, 0.1) is 17.8 Å². The average Bonchev–Trinajstić information content (AvgIpc) is 2.25. The summed E-state index contributed by atoms with van der Waals surface area (Å²) in [6.45, 7) is 2.44. The van der Waals surface area contributed by atoms with Crippen LogP contribution in [0.1, 0.15) is 64.7 Å². The van der Waals surface area contributed by atoms with Gasteiger partial charge in [0.2, 0.25) is 0 Å². The predicted molar refractivity (Wildman–Crippen MR) is 65.7 cm³/mol. The molecule has 3 unspecified atom stereocenters. The number of rotatable bonds is 2. The summed E-state index contributed by atoms with van der Waals surface area (Å²) in [5.41, 5.74) is 6.09. The van der Waals surface area contributed by atoms with Gasteiger partial charge in [0.25, 0.3) is 0 Å². The van der Waals surface area contributed by atoms with Crippen LogP contribution in [0.2, 0.25) is 0 Å². The van der Waals surface area contributed by atoms with Crippen molar-refractivity contribution in [3.05, 3.63) is 0 Å². The third kappa shape index (κ3) is 3.21. The summed E-state index contributed by atoms with van der Waals surface area (Å²) in [6.07, 6.45) is 12.9. The zero-order valence-electron chi connectivity index (χ0n) is 10.3. The molecule has 0 aromatic carbocycles. The summed E-state index contributed by atoms with van der Waals surface area (Å²) in [7, 11) is 0. The lowest BCUT2D eigenvalue weighted by Crippen LogP contribution is -2.33. The summed E-state index contributed by atoms with van der Waals surface area (Å²) in [5.74, 6) is 2.92. The minimum atomic E-state index is 0.509. The van der Waals surface area contributed by atoms with Crippen LogP contribution >= 0.6 is 0 Å². The normalized spacial score (nSPS) is 39.2. The van der Waals surface area contributed by atoms with E-state index in [0.29, 0.717) is 6.04 Å². The molecule has 0 saturated heterocycles. The van der Waals surface area contributed by atoms with Gasteiger partial charge in [-0.3, -0.25) is 0 Å². The minimum Gasteiger partial charge on any atom is -0.328 e. The lowest BCUT2D eigenvalue weighted by molar-refractivity contribution is 0.175. The first-order chi connectivity index (χ1) is 7.25. The van der Waals surface area contributed by atoms with E-state index in [1.807, 2.05) is 0 Å². The molecule has 2 N–H and O–H groups in total. The molecule has 0 spiro atoms. The zero-order valence-corrected chi connectivity index (χ0v) is 10.3. The molecule has 1 nitrogen and oxygen atoms in total. The Kier molecular flexibility index (Phi) is 4.07. The number of hydrogen-bond donors (Lipinski definition) is 1. The van der Waals surface area contributed by atoms with Gasteiger partial charge in [0, 0.05) is 6.04 Å². The van der Waals surface area contributed by atoms with E-state index in [1.165, 1.54) is 57.8 Å². The van der Waals surface area contributed by atoms with Crippen LogP contribution in [0.4, 0.5) is 0 Å². The quantitative estimate of drug-likeness (QED) is 0.737. The zero-order chi connectivity index (χ0) is 10.7. The van der Waals surface area contributed by atoms with E-state index >= 15 is 0 Å². The fraction of sp³-hybridized carbons (Fsp3) is 1.00. The van der Waals surface area contributed by atoms with E-state index in [1.54, 1.807) is 0 Å². The summed E-state index contributed by atoms with van der Waals surface area (Å²) >= 11 is 0. The van der Waals surface area contributed by atoms with Gasteiger partial charge in [-0.2, -0.15) is 0 Å². The molecule has 0 bridgehead atoms. The Labute approximate surface area is 94.8 Å². The van der Waals surface area contributed by atoms with E-state index in [2.05, 4.69) is 6.92 Å². The molecule has 88 valence electrons. The molecule has 2 saturated carbocycles. The molecule has 2 aliphatic carbocycles. The maximum Gasteiger partial charge on any atom is 0.00416 e. The molecule has 0 amide bonds. The van der Waals surface area contributed by atoms with Crippen LogP contribution in [0.5, 0.6) is 0 Å². The minimum absolute atomic E-state index is 0.509. The third-order valence-corrected chi connectivity index (χ3v) is 4.76. The molecule has 0 aromatic heterocycles. The van der Waals surface area contributed by atoms with Crippen LogP contribution in [0.25, 0.3) is 0 Å². The first kappa shape index (κ1) is 11.4. The van der Waals surface area contributed by atoms with Crippen molar-refractivity contribution in [3.8, 4) is 0 Å². The van der Waals surface area contributed by atoms with E-state index < -0.39 is 0 Å². The topological polar surface area (TPSA) is 26.0 Å². The Morgan fingerprint density at radius 2 is 1.73 bits per heavy atom. The van der Waals surface area contributed by atoms with Crippen molar-refractivity contribution in [2.45, 2.75) is 70.8 Å². The summed E-state index contributed by atoms with van der Waals surface area (Å²) in [5, 5.41) is 0. The van der Waals surface area contributed by atoms with Gasteiger partial charge in [0.1, 0.15) is 0 Å². The maximum absolute atomic E-state index is 6.09. The molecule has 2 fully saturated rings. The Morgan fingerprint density at radius 3 is 2.47 bits per heavy atom. The van der Waals surface area contributed by atoms with Crippen LogP contribution < -0.4 is 5.73 Å². The third-order valence-electron chi connectivity index (χ3n) is 4.76. The first-order valence-electron chi connectivity index (χ1n) is 7.01. The van der Waals surface area contributed by atoms with Crippen LogP contribution in [-0.4, -0.2) is 6.04 Å². The van der Waals surface area contributed by atoms with E-state index in [9.17, 15) is 0 Å². The number of hydrogen-bond acceptors (Lipinski definition) is 1. The summed E-state index contributed by atoms with van der Waals surface area (Å²) < 4.78 is 0. The molecule has 1 heteroatoms. The smallest absolute Gasteiger partial charge is 0.00416 e. The standard InChI is InChI=1S/C14H27N/c1-11-7-8-14(15)10-13(11)9-12-5-3-2-4-6-12/h11-14H,2-10,15H2,1H3. The highest BCUT2D eigenvalue weighted by atomic mass is 14.6. The molecule has 0 aromatic rings. The van der Waals surface area contributed by atoms with E-state index in [0.717, 1.165) is 17.8 Å². The van der Waals surface area contributed by atoms with Gasteiger partial charge >= 0.3 is 0 Å². The molecule has 2 rings (SSSR count). The van der Waals surface area contributed by atoms with Crippen molar-refractivity contribution >= 4 is 0 Å². The molecule has 0 aliphatic heterocycles. The van der Waals surface area contributed by atoms with Crippen LogP contribution in [-0.2, 0) is 0 Å². The summed E-state index contributed by atoms with van der Waals surface area (Å²) in [6, 6.07) is 0.509. The fourth-order valence-corrected chi connectivity index (χ4v) is 3.63. The van der Waals surface area contributed by atoms with Gasteiger partial charge in [-0.25, -0.2) is 0 Å². The number of nitrogens with two attached hydrogens (primary N) is 1. The average molecular weight is 209 g/mol. The van der Waals surface area contributed by atoms with Gasteiger partial charge in [-0.15, -0.1) is 0 Å². The SMILES string of the molecule is CC1CCC(N)CC1CC1CCCCC1. The first-order valence-corrected chi connectivity index (χ1v) is 7.01. The highest BCUT2D eigenvalue weighted by Crippen LogP contribution is 2.37. The maximum atomic E-state index is 6.09. The van der Waals surface area contributed by atoms with Gasteiger partial charge < -0.3 is 5.73 Å². The Hall–Kier alpha value is -0.0400. The monoisotopic (exact) mass is 209 g/mol. The lowest BCUT2D eigenvalue weighted by Gasteiger charge is -2.35. The van der Waals surface area contributed by atoms with Crippen molar-refractivity contribution in [1.29, 1.82) is 0 Å². The molecule has 0 radical (unpaired) electrons. The molecular weight excluding hydrogens is 182 g/mol. The molecule has 3 atom stereocenters. The largest absolute Gasteiger partial charge is 0.328 e. The lowest BCUT2D eigenvalue weighted by atomic mass is 9.72. The fourth-order valence-electron chi connectivity index (χ4n) is 3.63. The Bertz CT molecular complexity index is 184. The highest BCUT2D eigenvalue weighted by molar-refractivity contribution is 4.82. The molecule has 15 heavy (non-hydrogen) atoms. The second-order valence-corrected chi connectivity index (χ2v) is 6.05. The predicted octanol–water partition coefficient (Wildman–Crippen LogP) is 3.72. The second-order valence-electron chi connectivity index (χ2n) is 6.05. The van der Waals surface area contributed by atoms with Crippen molar-refractivity contribution in [2.24, 2.45) is 23.5 Å². The van der Waals surface area contributed by atoms with E-state index in [4.69, 9.17) is 5.73 Å². The Balaban J connectivity index is 1.80. The molecule has 0 heterocycles.